The molecule has 4 atom stereocenters. The van der Waals surface area contributed by atoms with Crippen molar-refractivity contribution < 1.29 is 9.18 Å². The summed E-state index contributed by atoms with van der Waals surface area (Å²) in [6, 6.07) is -0.266. The zero-order valence-corrected chi connectivity index (χ0v) is 17.2. The minimum atomic E-state index is -0.568. The normalized spacial score (nSPS) is 27.1. The number of hydrogen-bond acceptors (Lipinski definition) is 7. The van der Waals surface area contributed by atoms with Crippen molar-refractivity contribution in [2.45, 2.75) is 31.8 Å². The molecule has 4 N–H and O–H groups in total. The van der Waals surface area contributed by atoms with Gasteiger partial charge >= 0.3 is 0 Å². The molecule has 5 rings (SSSR count). The average molecular weight is 427 g/mol. The van der Waals surface area contributed by atoms with Crippen LogP contribution in [0.1, 0.15) is 19.3 Å². The number of likely N-dealkylation sites (tertiary alicyclic amines) is 1. The van der Waals surface area contributed by atoms with E-state index >= 15 is 0 Å². The zero-order chi connectivity index (χ0) is 21.4. The molecule has 1 amide bonds. The Morgan fingerprint density at radius 1 is 1.19 bits per heavy atom. The average Bonchev–Trinajstić information content (AvgIpc) is 3.54. The van der Waals surface area contributed by atoms with Crippen molar-refractivity contribution in [3.05, 3.63) is 36.6 Å². The summed E-state index contributed by atoms with van der Waals surface area (Å²) in [6.07, 6.45) is 12.2. The number of amides is 1. The van der Waals surface area contributed by atoms with Gasteiger partial charge in [0.1, 0.15) is 0 Å². The summed E-state index contributed by atoms with van der Waals surface area (Å²) in [5.74, 6) is -0.732. The number of hydrogen-bond donors (Lipinski definition) is 3. The molecule has 3 heterocycles. The largest absolute Gasteiger partial charge is 0.369 e. The van der Waals surface area contributed by atoms with Gasteiger partial charge in [-0.05, 0) is 44.2 Å². The van der Waals surface area contributed by atoms with Gasteiger partial charge in [-0.2, -0.15) is 10.1 Å². The van der Waals surface area contributed by atoms with Gasteiger partial charge in [-0.25, -0.2) is 9.37 Å². The van der Waals surface area contributed by atoms with E-state index in [2.05, 4.69) is 36.7 Å². The second-order valence-corrected chi connectivity index (χ2v) is 8.60. The highest BCUT2D eigenvalue weighted by atomic mass is 19.1. The fourth-order valence-electron chi connectivity index (χ4n) is 5.02. The Balaban J connectivity index is 1.25. The van der Waals surface area contributed by atoms with Gasteiger partial charge in [0.15, 0.2) is 11.6 Å². The number of nitrogens with one attached hydrogen (secondary N) is 2. The van der Waals surface area contributed by atoms with Gasteiger partial charge in [0.25, 0.3) is 0 Å². The van der Waals surface area contributed by atoms with E-state index in [9.17, 15) is 9.18 Å². The number of anilines is 3. The minimum Gasteiger partial charge on any atom is -0.369 e. The number of halogens is 1. The lowest BCUT2D eigenvalue weighted by molar-refractivity contribution is -0.122. The molecule has 2 bridgehead atoms. The van der Waals surface area contributed by atoms with E-state index in [1.54, 1.807) is 6.20 Å². The third kappa shape index (κ3) is 4.12. The highest BCUT2D eigenvalue weighted by Crippen LogP contribution is 2.44. The lowest BCUT2D eigenvalue weighted by Gasteiger charge is -2.27. The standard InChI is InChI=1S/C21H27FN8O/c22-16-11-24-21(26-15-10-25-30(12-15)8-7-29-5-1-2-6-29)28-20(16)27-18-14-4-3-13(9-14)17(18)19(23)31/h3-4,10-14,17-18H,1-2,5-9H2,(H2,23,31)(H2,24,26,27,28)/t13?,14-,17?,18+/m0/s1. The molecule has 2 unspecified atom stereocenters. The van der Waals surface area contributed by atoms with Crippen LogP contribution >= 0.6 is 0 Å². The molecular weight excluding hydrogens is 399 g/mol. The zero-order valence-electron chi connectivity index (χ0n) is 17.2. The van der Waals surface area contributed by atoms with Crippen LogP contribution in [-0.4, -0.2) is 56.2 Å². The van der Waals surface area contributed by atoms with Gasteiger partial charge in [0, 0.05) is 18.8 Å². The Morgan fingerprint density at radius 2 is 2.00 bits per heavy atom. The quantitative estimate of drug-likeness (QED) is 0.551. The summed E-state index contributed by atoms with van der Waals surface area (Å²) in [5.41, 5.74) is 6.33. The molecule has 0 radical (unpaired) electrons. The van der Waals surface area contributed by atoms with Gasteiger partial charge in [-0.1, -0.05) is 12.2 Å². The molecule has 2 aromatic heterocycles. The first kappa shape index (κ1) is 19.9. The Bertz CT molecular complexity index is 986. The number of aromatic nitrogens is 4. The molecule has 3 aliphatic rings. The highest BCUT2D eigenvalue weighted by Gasteiger charge is 2.47. The lowest BCUT2D eigenvalue weighted by atomic mass is 9.88. The third-order valence-electron chi connectivity index (χ3n) is 6.57. The van der Waals surface area contributed by atoms with E-state index in [0.29, 0.717) is 0 Å². The highest BCUT2D eigenvalue weighted by molar-refractivity contribution is 5.79. The number of nitrogens with two attached hydrogens (primary N) is 1. The molecule has 164 valence electrons. The summed E-state index contributed by atoms with van der Waals surface area (Å²) >= 11 is 0. The predicted octanol–water partition coefficient (Wildman–Crippen LogP) is 1.74. The van der Waals surface area contributed by atoms with E-state index in [0.717, 1.165) is 44.5 Å². The van der Waals surface area contributed by atoms with E-state index in [1.807, 2.05) is 17.0 Å². The van der Waals surface area contributed by atoms with Crippen molar-refractivity contribution >= 4 is 23.4 Å². The number of carbonyl (C=O) groups is 1. The Hall–Kier alpha value is -3.01. The summed E-state index contributed by atoms with van der Waals surface area (Å²) in [6.45, 7) is 4.09. The lowest BCUT2D eigenvalue weighted by Crippen LogP contribution is -2.41. The number of nitrogens with zero attached hydrogens (tertiary/aromatic N) is 5. The maximum atomic E-state index is 14.4. The van der Waals surface area contributed by atoms with Crippen LogP contribution in [0.25, 0.3) is 0 Å². The molecular formula is C21H27FN8O. The van der Waals surface area contributed by atoms with Gasteiger partial charge in [-0.3, -0.25) is 9.48 Å². The third-order valence-corrected chi connectivity index (χ3v) is 6.57. The van der Waals surface area contributed by atoms with Crippen LogP contribution < -0.4 is 16.4 Å². The van der Waals surface area contributed by atoms with Gasteiger partial charge in [0.2, 0.25) is 11.9 Å². The molecule has 9 nitrogen and oxygen atoms in total. The van der Waals surface area contributed by atoms with Crippen LogP contribution in [0.2, 0.25) is 0 Å². The van der Waals surface area contributed by atoms with Crippen molar-refractivity contribution in [3.8, 4) is 0 Å². The molecule has 31 heavy (non-hydrogen) atoms. The number of rotatable bonds is 8. The first-order valence-corrected chi connectivity index (χ1v) is 10.9. The second-order valence-electron chi connectivity index (χ2n) is 8.60. The van der Waals surface area contributed by atoms with Crippen molar-refractivity contribution in [2.24, 2.45) is 23.5 Å². The van der Waals surface area contributed by atoms with Crippen LogP contribution in [-0.2, 0) is 11.3 Å². The van der Waals surface area contributed by atoms with Gasteiger partial charge in [0.05, 0.1) is 30.5 Å². The van der Waals surface area contributed by atoms with Crippen LogP contribution in [0.15, 0.2) is 30.7 Å². The number of carbonyl (C=O) groups excluding carboxylic acids is 1. The SMILES string of the molecule is NC(=O)C1C2C=C[C@@H](C2)[C@H]1Nc1nc(Nc2cnn(CCN3CCCC3)c2)ncc1F. The first-order valence-electron chi connectivity index (χ1n) is 10.9. The number of allylic oxidation sites excluding steroid dienone is 1. The monoisotopic (exact) mass is 426 g/mol. The maximum absolute atomic E-state index is 14.4. The molecule has 1 aliphatic heterocycles. The summed E-state index contributed by atoms with van der Waals surface area (Å²) in [5, 5.41) is 10.6. The number of fused-ring (bicyclic) bond motifs is 2. The fraction of sp³-hybridized carbons (Fsp3) is 0.524. The molecule has 2 fully saturated rings. The van der Waals surface area contributed by atoms with Crippen molar-refractivity contribution in [1.82, 2.24) is 24.6 Å². The summed E-state index contributed by atoms with van der Waals surface area (Å²) in [7, 11) is 0. The molecule has 1 saturated carbocycles. The molecule has 10 heteroatoms. The summed E-state index contributed by atoms with van der Waals surface area (Å²) in [4.78, 5) is 22.7. The van der Waals surface area contributed by atoms with Crippen LogP contribution in [0.4, 0.5) is 21.8 Å². The maximum Gasteiger partial charge on any atom is 0.229 e. The Morgan fingerprint density at radius 3 is 2.81 bits per heavy atom. The molecule has 2 aliphatic carbocycles. The second kappa shape index (κ2) is 8.26. The smallest absolute Gasteiger partial charge is 0.229 e. The van der Waals surface area contributed by atoms with Crippen molar-refractivity contribution in [1.29, 1.82) is 0 Å². The molecule has 1 saturated heterocycles. The van der Waals surface area contributed by atoms with Gasteiger partial charge < -0.3 is 21.3 Å². The van der Waals surface area contributed by atoms with E-state index in [1.165, 1.54) is 12.8 Å². The van der Waals surface area contributed by atoms with E-state index in [4.69, 9.17) is 5.73 Å². The molecule has 0 spiro atoms. The van der Waals surface area contributed by atoms with Crippen molar-refractivity contribution in [2.75, 3.05) is 30.3 Å². The van der Waals surface area contributed by atoms with Crippen molar-refractivity contribution in [3.63, 3.8) is 0 Å². The molecule has 0 aromatic carbocycles. The fourth-order valence-corrected chi connectivity index (χ4v) is 5.02. The minimum absolute atomic E-state index is 0.0659. The first-order chi connectivity index (χ1) is 15.1. The predicted molar refractivity (Wildman–Crippen MR) is 114 cm³/mol. The van der Waals surface area contributed by atoms with E-state index < -0.39 is 5.82 Å². The molecule has 2 aromatic rings. The van der Waals surface area contributed by atoms with Crippen LogP contribution in [0.5, 0.6) is 0 Å². The Kier molecular flexibility index (Phi) is 5.31. The topological polar surface area (TPSA) is 114 Å². The summed E-state index contributed by atoms with van der Waals surface area (Å²) < 4.78 is 16.3. The van der Waals surface area contributed by atoms with Gasteiger partial charge in [-0.15, -0.1) is 0 Å². The Labute approximate surface area is 179 Å². The van der Waals surface area contributed by atoms with E-state index in [-0.39, 0.29) is 41.5 Å². The number of primary amides is 1. The van der Waals surface area contributed by atoms with Crippen LogP contribution in [0, 0.1) is 23.6 Å². The van der Waals surface area contributed by atoms with Crippen LogP contribution in [0.3, 0.4) is 0 Å².